The van der Waals surface area contributed by atoms with E-state index in [0.717, 1.165) is 6.07 Å². The van der Waals surface area contributed by atoms with Crippen molar-refractivity contribution in [3.63, 3.8) is 0 Å². The van der Waals surface area contributed by atoms with Crippen LogP contribution in [0.1, 0.15) is 11.1 Å². The van der Waals surface area contributed by atoms with Crippen LogP contribution in [0.25, 0.3) is 0 Å². The van der Waals surface area contributed by atoms with Crippen molar-refractivity contribution < 1.29 is 31.4 Å². The second-order valence-corrected chi connectivity index (χ2v) is 3.85. The highest BCUT2D eigenvalue weighted by atomic mass is 19.4. The minimum atomic E-state index is -5.76. The molecule has 0 bridgehead atoms. The number of phenols is 1. The van der Waals surface area contributed by atoms with Crippen molar-refractivity contribution in [3.8, 4) is 5.75 Å². The third-order valence-corrected chi connectivity index (χ3v) is 2.58. The first kappa shape index (κ1) is 15.4. The summed E-state index contributed by atoms with van der Waals surface area (Å²) in [5.74, 6) is -0.414. The van der Waals surface area contributed by atoms with Crippen LogP contribution in [-0.4, -0.2) is 17.7 Å². The largest absolute Gasteiger partial charge is 0.508 e. The van der Waals surface area contributed by atoms with Crippen LogP contribution in [0.2, 0.25) is 0 Å². The summed E-state index contributed by atoms with van der Waals surface area (Å²) in [4.78, 5) is 0. The van der Waals surface area contributed by atoms with Crippen LogP contribution in [-0.2, 0) is 12.1 Å². The molecule has 0 heterocycles. The van der Waals surface area contributed by atoms with Crippen LogP contribution in [0.3, 0.4) is 0 Å². The Morgan fingerprint density at radius 1 is 1.21 bits per heavy atom. The first-order valence-corrected chi connectivity index (χ1v) is 5.11. The molecule has 7 heteroatoms. The molecule has 0 fully saturated rings. The van der Waals surface area contributed by atoms with Gasteiger partial charge in [-0.1, -0.05) is 12.1 Å². The standard InChI is InChI=1S/C12H10F6O/c1-2-3-7-6-8(4-5-9(7)19)11(15,10(13)14)12(16,17)18/h2,4-6,10,19H,1,3H2. The van der Waals surface area contributed by atoms with Crippen molar-refractivity contribution in [2.24, 2.45) is 0 Å². The summed E-state index contributed by atoms with van der Waals surface area (Å²) < 4.78 is 76.3. The summed E-state index contributed by atoms with van der Waals surface area (Å²) >= 11 is 0. The Kier molecular flexibility index (Phi) is 4.17. The number of hydrogen-bond donors (Lipinski definition) is 1. The number of rotatable bonds is 4. The number of alkyl halides is 6. The molecule has 1 N–H and O–H groups in total. The fourth-order valence-corrected chi connectivity index (χ4v) is 1.54. The average molecular weight is 284 g/mol. The van der Waals surface area contributed by atoms with Gasteiger partial charge >= 0.3 is 6.18 Å². The summed E-state index contributed by atoms with van der Waals surface area (Å²) in [6.45, 7) is 3.30. The first-order valence-electron chi connectivity index (χ1n) is 5.11. The number of benzene rings is 1. The molecule has 1 atom stereocenters. The van der Waals surface area contributed by atoms with Crippen molar-refractivity contribution in [2.75, 3.05) is 0 Å². The van der Waals surface area contributed by atoms with Crippen molar-refractivity contribution in [3.05, 3.63) is 42.0 Å². The van der Waals surface area contributed by atoms with Gasteiger partial charge in [-0.3, -0.25) is 0 Å². The maximum atomic E-state index is 13.7. The van der Waals surface area contributed by atoms with E-state index in [1.807, 2.05) is 0 Å². The fourth-order valence-electron chi connectivity index (χ4n) is 1.54. The highest BCUT2D eigenvalue weighted by Crippen LogP contribution is 2.47. The summed E-state index contributed by atoms with van der Waals surface area (Å²) in [5.41, 5.74) is -6.12. The Bertz CT molecular complexity index is 468. The zero-order valence-electron chi connectivity index (χ0n) is 9.52. The van der Waals surface area contributed by atoms with Crippen molar-refractivity contribution in [1.29, 1.82) is 0 Å². The summed E-state index contributed by atoms with van der Waals surface area (Å²) in [6.07, 6.45) is -8.86. The van der Waals surface area contributed by atoms with Gasteiger partial charge in [-0.15, -0.1) is 6.58 Å². The van der Waals surface area contributed by atoms with Gasteiger partial charge in [0.25, 0.3) is 12.1 Å². The Balaban J connectivity index is 3.41. The van der Waals surface area contributed by atoms with Crippen LogP contribution in [0.5, 0.6) is 5.75 Å². The van der Waals surface area contributed by atoms with Gasteiger partial charge < -0.3 is 5.11 Å². The van der Waals surface area contributed by atoms with Crippen LogP contribution < -0.4 is 0 Å². The van der Waals surface area contributed by atoms with E-state index in [4.69, 9.17) is 0 Å². The SMILES string of the molecule is C=CCc1cc(C(F)(C(F)F)C(F)(F)F)ccc1O. The molecule has 0 saturated heterocycles. The van der Waals surface area contributed by atoms with E-state index in [0.29, 0.717) is 12.1 Å². The molecule has 0 spiro atoms. The minimum Gasteiger partial charge on any atom is -0.508 e. The van der Waals surface area contributed by atoms with Crippen molar-refractivity contribution in [1.82, 2.24) is 0 Å². The smallest absolute Gasteiger partial charge is 0.432 e. The van der Waals surface area contributed by atoms with Gasteiger partial charge in [0.05, 0.1) is 0 Å². The molecule has 106 valence electrons. The minimum absolute atomic E-state index is 0.0726. The van der Waals surface area contributed by atoms with E-state index in [2.05, 4.69) is 6.58 Å². The lowest BCUT2D eigenvalue weighted by molar-refractivity contribution is -0.274. The van der Waals surface area contributed by atoms with E-state index in [9.17, 15) is 31.4 Å². The lowest BCUT2D eigenvalue weighted by Gasteiger charge is -2.27. The maximum Gasteiger partial charge on any atom is 0.432 e. The number of allylic oxidation sites excluding steroid dienone is 1. The second-order valence-electron chi connectivity index (χ2n) is 3.85. The number of phenolic OH excluding ortho intramolecular Hbond substituents is 1. The quantitative estimate of drug-likeness (QED) is 0.651. The van der Waals surface area contributed by atoms with Gasteiger partial charge in [0.2, 0.25) is 0 Å². The van der Waals surface area contributed by atoms with E-state index in [-0.39, 0.29) is 12.0 Å². The lowest BCUT2D eigenvalue weighted by atomic mass is 9.93. The average Bonchev–Trinajstić information content (AvgIpc) is 2.29. The van der Waals surface area contributed by atoms with E-state index >= 15 is 0 Å². The van der Waals surface area contributed by atoms with Gasteiger partial charge in [0, 0.05) is 5.56 Å². The summed E-state index contributed by atoms with van der Waals surface area (Å²) in [5, 5.41) is 9.33. The summed E-state index contributed by atoms with van der Waals surface area (Å²) in [7, 11) is 0. The van der Waals surface area contributed by atoms with E-state index < -0.39 is 29.6 Å². The normalized spacial score (nSPS) is 15.3. The monoisotopic (exact) mass is 284 g/mol. The third kappa shape index (κ3) is 2.69. The van der Waals surface area contributed by atoms with Gasteiger partial charge in [0.15, 0.2) is 0 Å². The molecule has 19 heavy (non-hydrogen) atoms. The van der Waals surface area contributed by atoms with Crippen LogP contribution in [0.15, 0.2) is 30.9 Å². The Morgan fingerprint density at radius 3 is 2.21 bits per heavy atom. The van der Waals surface area contributed by atoms with E-state index in [1.165, 1.54) is 6.08 Å². The Hall–Kier alpha value is -1.66. The molecule has 0 aliphatic carbocycles. The highest BCUT2D eigenvalue weighted by molar-refractivity contribution is 5.40. The van der Waals surface area contributed by atoms with Gasteiger partial charge in [-0.05, 0) is 24.1 Å². The lowest BCUT2D eigenvalue weighted by Crippen LogP contribution is -2.44. The molecular formula is C12H10F6O. The van der Waals surface area contributed by atoms with Crippen molar-refractivity contribution >= 4 is 0 Å². The molecule has 0 saturated carbocycles. The zero-order chi connectivity index (χ0) is 14.8. The predicted molar refractivity (Wildman–Crippen MR) is 56.9 cm³/mol. The van der Waals surface area contributed by atoms with Crippen molar-refractivity contribution in [2.45, 2.75) is 24.7 Å². The van der Waals surface area contributed by atoms with Crippen LogP contribution in [0, 0.1) is 0 Å². The van der Waals surface area contributed by atoms with Crippen LogP contribution >= 0.6 is 0 Å². The van der Waals surface area contributed by atoms with Gasteiger partial charge in [-0.2, -0.15) is 13.2 Å². The Labute approximate surface area is 105 Å². The van der Waals surface area contributed by atoms with Gasteiger partial charge in [-0.25, -0.2) is 13.2 Å². The van der Waals surface area contributed by atoms with E-state index in [1.54, 1.807) is 0 Å². The molecule has 0 radical (unpaired) electrons. The summed E-state index contributed by atoms with van der Waals surface area (Å²) in [6, 6.07) is 1.80. The second kappa shape index (κ2) is 5.14. The molecule has 1 aromatic rings. The highest BCUT2D eigenvalue weighted by Gasteiger charge is 2.64. The molecule has 0 amide bonds. The van der Waals surface area contributed by atoms with Crippen LogP contribution in [0.4, 0.5) is 26.3 Å². The molecule has 1 unspecified atom stereocenters. The number of aromatic hydroxyl groups is 1. The molecule has 0 aliphatic rings. The zero-order valence-corrected chi connectivity index (χ0v) is 9.52. The third-order valence-electron chi connectivity index (χ3n) is 2.58. The molecular weight excluding hydrogens is 274 g/mol. The molecule has 0 aliphatic heterocycles. The molecule has 1 nitrogen and oxygen atoms in total. The molecule has 1 rings (SSSR count). The molecule has 0 aromatic heterocycles. The fraction of sp³-hybridized carbons (Fsp3) is 0.333. The predicted octanol–water partition coefficient (Wildman–Crippen LogP) is 4.11. The van der Waals surface area contributed by atoms with Gasteiger partial charge in [0.1, 0.15) is 5.75 Å². The maximum absolute atomic E-state index is 13.7. The topological polar surface area (TPSA) is 20.2 Å². The number of hydrogen-bond acceptors (Lipinski definition) is 1. The Morgan fingerprint density at radius 2 is 1.79 bits per heavy atom. The molecule has 1 aromatic carbocycles. The number of halogens is 6. The first-order chi connectivity index (χ1) is 8.64.